The molecule has 0 radical (unpaired) electrons. The smallest absolute Gasteiger partial charge is 0.250 e. The summed E-state index contributed by atoms with van der Waals surface area (Å²) in [5.41, 5.74) is 5.83. The Morgan fingerprint density at radius 3 is 2.53 bits per heavy atom. The number of hydrogen-bond donors (Lipinski definition) is 3. The number of benzene rings is 2. The van der Waals surface area contributed by atoms with Gasteiger partial charge in [-0.2, -0.15) is 0 Å². The van der Waals surface area contributed by atoms with Gasteiger partial charge in [-0.15, -0.1) is 0 Å². The molecule has 2 saturated heterocycles. The molecule has 3 heterocycles. The first kappa shape index (κ1) is 20.7. The topological polar surface area (TPSA) is 122 Å². The number of anilines is 1. The van der Waals surface area contributed by atoms with Crippen LogP contribution in [0.15, 0.2) is 48.5 Å². The van der Waals surface area contributed by atoms with Gasteiger partial charge in [0.05, 0.1) is 18.4 Å². The third kappa shape index (κ3) is 2.87. The molecule has 4 unspecified atom stereocenters. The Morgan fingerprint density at radius 2 is 1.78 bits per heavy atom. The molecule has 32 heavy (non-hydrogen) atoms. The van der Waals surface area contributed by atoms with Gasteiger partial charge in [0.25, 0.3) is 0 Å². The molecule has 164 valence electrons. The van der Waals surface area contributed by atoms with Crippen molar-refractivity contribution in [3.05, 3.63) is 64.7 Å². The highest BCUT2D eigenvalue weighted by Crippen LogP contribution is 2.53. The summed E-state index contributed by atoms with van der Waals surface area (Å²) in [4.78, 5) is 53.1. The molecule has 5 rings (SSSR count). The van der Waals surface area contributed by atoms with Crippen molar-refractivity contribution in [2.45, 2.75) is 31.0 Å². The van der Waals surface area contributed by atoms with E-state index in [2.05, 4.69) is 10.6 Å². The van der Waals surface area contributed by atoms with Crippen LogP contribution in [-0.2, 0) is 31.3 Å². The van der Waals surface area contributed by atoms with E-state index in [4.69, 9.17) is 17.3 Å². The van der Waals surface area contributed by atoms with Crippen LogP contribution in [0.2, 0.25) is 5.02 Å². The number of carbonyl (C=O) groups is 4. The summed E-state index contributed by atoms with van der Waals surface area (Å²) < 4.78 is 0. The number of amides is 4. The Bertz CT molecular complexity index is 1170. The summed E-state index contributed by atoms with van der Waals surface area (Å²) in [6.07, 6.45) is 0.277. The summed E-state index contributed by atoms with van der Waals surface area (Å²) in [5, 5.41) is 6.56. The van der Waals surface area contributed by atoms with E-state index in [0.29, 0.717) is 21.8 Å². The number of halogens is 1. The van der Waals surface area contributed by atoms with Crippen LogP contribution >= 0.6 is 11.6 Å². The van der Waals surface area contributed by atoms with E-state index in [9.17, 15) is 19.2 Å². The number of nitrogens with two attached hydrogens (primary N) is 1. The standard InChI is InChI=1S/C23H21ClN4O4/c24-14-7-3-1-5-12(14)11-28-20(30)18-16(9-10-17(25)29)27-23(19(18)21(28)31)13-6-2-4-8-15(13)26-22(23)32/h1-8,16,18-19,27H,9-11H2,(H2,25,29)(H,26,32). The lowest BCUT2D eigenvalue weighted by molar-refractivity contribution is -0.143. The van der Waals surface area contributed by atoms with Gasteiger partial charge in [-0.05, 0) is 24.1 Å². The average Bonchev–Trinajstić information content (AvgIpc) is 3.34. The molecule has 3 aliphatic heterocycles. The van der Waals surface area contributed by atoms with Crippen LogP contribution < -0.4 is 16.4 Å². The van der Waals surface area contributed by atoms with E-state index >= 15 is 0 Å². The number of nitrogens with zero attached hydrogens (tertiary/aromatic N) is 1. The predicted octanol–water partition coefficient (Wildman–Crippen LogP) is 1.53. The zero-order chi connectivity index (χ0) is 22.6. The molecule has 0 bridgehead atoms. The number of rotatable bonds is 5. The van der Waals surface area contributed by atoms with Gasteiger partial charge >= 0.3 is 0 Å². The van der Waals surface area contributed by atoms with Crippen LogP contribution in [0.4, 0.5) is 5.69 Å². The van der Waals surface area contributed by atoms with Crippen molar-refractivity contribution in [2.24, 2.45) is 17.6 Å². The molecule has 4 N–H and O–H groups in total. The van der Waals surface area contributed by atoms with Gasteiger partial charge in [0.15, 0.2) is 0 Å². The lowest BCUT2D eigenvalue weighted by Gasteiger charge is -2.29. The molecule has 0 aromatic heterocycles. The molecule has 4 amide bonds. The zero-order valence-electron chi connectivity index (χ0n) is 17.0. The van der Waals surface area contributed by atoms with Gasteiger partial charge in [-0.3, -0.25) is 29.4 Å². The molecule has 0 saturated carbocycles. The molecule has 0 aliphatic carbocycles. The minimum absolute atomic E-state index is 0.0201. The molecular formula is C23H21ClN4O4. The number of imide groups is 1. The van der Waals surface area contributed by atoms with E-state index in [0.717, 1.165) is 0 Å². The van der Waals surface area contributed by atoms with E-state index in [1.165, 1.54) is 4.90 Å². The third-order valence-electron chi connectivity index (χ3n) is 6.70. The van der Waals surface area contributed by atoms with E-state index in [1.54, 1.807) is 48.5 Å². The number of primary amides is 1. The first-order valence-corrected chi connectivity index (χ1v) is 10.8. The van der Waals surface area contributed by atoms with E-state index in [1.807, 2.05) is 0 Å². The van der Waals surface area contributed by atoms with Crippen molar-refractivity contribution in [2.75, 3.05) is 5.32 Å². The van der Waals surface area contributed by atoms with Crippen molar-refractivity contribution < 1.29 is 19.2 Å². The Balaban J connectivity index is 1.58. The fourth-order valence-corrected chi connectivity index (χ4v) is 5.51. The van der Waals surface area contributed by atoms with Crippen molar-refractivity contribution in [3.63, 3.8) is 0 Å². The van der Waals surface area contributed by atoms with Crippen LogP contribution in [0, 0.1) is 11.8 Å². The molecule has 3 aliphatic rings. The minimum atomic E-state index is -1.38. The van der Waals surface area contributed by atoms with Crippen molar-refractivity contribution in [1.29, 1.82) is 0 Å². The number of nitrogens with one attached hydrogen (secondary N) is 2. The summed E-state index contributed by atoms with van der Waals surface area (Å²) in [6, 6.07) is 13.6. The monoisotopic (exact) mass is 452 g/mol. The van der Waals surface area contributed by atoms with Crippen molar-refractivity contribution >= 4 is 40.9 Å². The van der Waals surface area contributed by atoms with Crippen molar-refractivity contribution in [3.8, 4) is 0 Å². The van der Waals surface area contributed by atoms with Crippen LogP contribution in [0.1, 0.15) is 24.0 Å². The second-order valence-corrected chi connectivity index (χ2v) is 8.83. The predicted molar refractivity (Wildman–Crippen MR) is 116 cm³/mol. The normalized spacial score (nSPS) is 28.2. The Kier molecular flexibility index (Phi) is 4.79. The first-order valence-electron chi connectivity index (χ1n) is 10.4. The van der Waals surface area contributed by atoms with E-state index < -0.39 is 35.2 Å². The molecule has 4 atom stereocenters. The van der Waals surface area contributed by atoms with Crippen molar-refractivity contribution in [1.82, 2.24) is 10.2 Å². The number of para-hydroxylation sites is 1. The Labute approximate surface area is 189 Å². The fourth-order valence-electron chi connectivity index (χ4n) is 5.32. The summed E-state index contributed by atoms with van der Waals surface area (Å²) in [5.74, 6) is -3.42. The maximum atomic E-state index is 13.7. The van der Waals surface area contributed by atoms with Gasteiger partial charge in [0, 0.05) is 28.7 Å². The molecule has 2 aromatic rings. The fraction of sp³-hybridized carbons (Fsp3) is 0.304. The molecule has 1 spiro atoms. The average molecular weight is 453 g/mol. The van der Waals surface area contributed by atoms with Crippen LogP contribution in [0.5, 0.6) is 0 Å². The Hall–Kier alpha value is -3.23. The first-order chi connectivity index (χ1) is 15.3. The second kappa shape index (κ2) is 7.43. The number of fused-ring (bicyclic) bond motifs is 4. The maximum absolute atomic E-state index is 13.7. The molecular weight excluding hydrogens is 432 g/mol. The third-order valence-corrected chi connectivity index (χ3v) is 7.07. The van der Waals surface area contributed by atoms with Crippen LogP contribution in [0.25, 0.3) is 0 Å². The number of likely N-dealkylation sites (tertiary alicyclic amines) is 1. The maximum Gasteiger partial charge on any atom is 0.250 e. The van der Waals surface area contributed by atoms with Crippen LogP contribution in [0.3, 0.4) is 0 Å². The highest BCUT2D eigenvalue weighted by molar-refractivity contribution is 6.31. The van der Waals surface area contributed by atoms with Gasteiger partial charge in [-0.25, -0.2) is 0 Å². The zero-order valence-corrected chi connectivity index (χ0v) is 17.8. The van der Waals surface area contributed by atoms with Gasteiger partial charge in [0.1, 0.15) is 5.54 Å². The molecule has 9 heteroatoms. The summed E-state index contributed by atoms with van der Waals surface area (Å²) in [6.45, 7) is 0.0201. The number of hydrogen-bond acceptors (Lipinski definition) is 5. The largest absolute Gasteiger partial charge is 0.370 e. The summed E-state index contributed by atoms with van der Waals surface area (Å²) >= 11 is 6.27. The molecule has 2 fully saturated rings. The van der Waals surface area contributed by atoms with E-state index in [-0.39, 0.29) is 31.2 Å². The Morgan fingerprint density at radius 1 is 1.06 bits per heavy atom. The highest BCUT2D eigenvalue weighted by atomic mass is 35.5. The SMILES string of the molecule is NC(=O)CCC1NC2(C(=O)Nc3ccccc32)C2C(=O)N(Cc3ccccc3Cl)C(=O)C12. The molecule has 2 aromatic carbocycles. The lowest BCUT2D eigenvalue weighted by atomic mass is 9.76. The van der Waals surface area contributed by atoms with Crippen LogP contribution in [-0.4, -0.2) is 34.6 Å². The van der Waals surface area contributed by atoms with Gasteiger partial charge < -0.3 is 11.1 Å². The number of carbonyl (C=O) groups excluding carboxylic acids is 4. The highest BCUT2D eigenvalue weighted by Gasteiger charge is 2.70. The second-order valence-electron chi connectivity index (χ2n) is 8.42. The molecule has 8 nitrogen and oxygen atoms in total. The quantitative estimate of drug-likeness (QED) is 0.594. The van der Waals surface area contributed by atoms with Gasteiger partial charge in [-0.1, -0.05) is 48.0 Å². The van der Waals surface area contributed by atoms with Gasteiger partial charge in [0.2, 0.25) is 23.6 Å². The summed E-state index contributed by atoms with van der Waals surface area (Å²) in [7, 11) is 0. The lowest BCUT2D eigenvalue weighted by Crippen LogP contribution is -2.53. The minimum Gasteiger partial charge on any atom is -0.370 e.